The summed E-state index contributed by atoms with van der Waals surface area (Å²) in [6.45, 7) is 1.57. The highest BCUT2D eigenvalue weighted by Crippen LogP contribution is 2.21. The summed E-state index contributed by atoms with van der Waals surface area (Å²) >= 11 is 1.02. The monoisotopic (exact) mass is 389 g/mol. The quantitative estimate of drug-likeness (QED) is 0.554. The van der Waals surface area contributed by atoms with Crippen LogP contribution in [-0.4, -0.2) is 46.8 Å². The maximum Gasteiger partial charge on any atom is 0.289 e. The Hall–Kier alpha value is -1.86. The minimum absolute atomic E-state index is 0.132. The molecule has 27 heavy (non-hydrogen) atoms. The van der Waals surface area contributed by atoms with Gasteiger partial charge in [-0.25, -0.2) is 0 Å². The van der Waals surface area contributed by atoms with E-state index in [9.17, 15) is 14.4 Å². The second-order valence-electron chi connectivity index (χ2n) is 7.13. The summed E-state index contributed by atoms with van der Waals surface area (Å²) in [4.78, 5) is 37.1. The Morgan fingerprint density at radius 2 is 1.89 bits per heavy atom. The van der Waals surface area contributed by atoms with Crippen molar-refractivity contribution >= 4 is 28.8 Å². The van der Waals surface area contributed by atoms with E-state index in [-0.39, 0.29) is 29.4 Å². The number of hydrogen-bond donors (Lipinski definition) is 2. The lowest BCUT2D eigenvalue weighted by Crippen LogP contribution is -2.36. The number of imide groups is 1. The van der Waals surface area contributed by atoms with E-state index in [1.54, 1.807) is 18.2 Å². The Kier molecular flexibility index (Phi) is 7.29. The van der Waals surface area contributed by atoms with Gasteiger partial charge in [-0.15, -0.1) is 0 Å². The average Bonchev–Trinajstić information content (AvgIpc) is 2.88. The first-order chi connectivity index (χ1) is 13.1. The number of benzene rings is 1. The highest BCUT2D eigenvalue weighted by Gasteiger charge is 2.29. The molecule has 1 saturated carbocycles. The van der Waals surface area contributed by atoms with E-state index in [0.29, 0.717) is 18.2 Å². The van der Waals surface area contributed by atoms with Crippen LogP contribution in [0.25, 0.3) is 0 Å². The summed E-state index contributed by atoms with van der Waals surface area (Å²) in [5, 5.41) is 6.26. The van der Waals surface area contributed by atoms with Crippen molar-refractivity contribution in [1.82, 2.24) is 15.5 Å². The van der Waals surface area contributed by atoms with Crippen LogP contribution in [0.5, 0.6) is 0 Å². The second kappa shape index (κ2) is 9.90. The molecular formula is C20H27N3O3S. The van der Waals surface area contributed by atoms with Gasteiger partial charge in [-0.2, -0.15) is 0 Å². The fraction of sp³-hybridized carbons (Fsp3) is 0.550. The van der Waals surface area contributed by atoms with Crippen LogP contribution in [-0.2, 0) is 11.3 Å². The van der Waals surface area contributed by atoms with Gasteiger partial charge in [-0.05, 0) is 30.5 Å². The number of hydrogen-bond acceptors (Lipinski definition) is 5. The molecule has 1 heterocycles. The molecule has 0 radical (unpaired) electrons. The molecule has 2 fully saturated rings. The number of rotatable bonds is 7. The van der Waals surface area contributed by atoms with Crippen molar-refractivity contribution in [3.05, 3.63) is 35.4 Å². The molecule has 0 spiro atoms. The number of nitrogens with one attached hydrogen (secondary N) is 2. The molecule has 2 aliphatic rings. The van der Waals surface area contributed by atoms with Crippen LogP contribution in [0.2, 0.25) is 0 Å². The van der Waals surface area contributed by atoms with Crippen molar-refractivity contribution in [2.75, 3.05) is 18.8 Å². The zero-order valence-electron chi connectivity index (χ0n) is 15.5. The highest BCUT2D eigenvalue weighted by atomic mass is 32.2. The molecule has 0 atom stereocenters. The lowest BCUT2D eigenvalue weighted by Gasteiger charge is -2.16. The molecule has 1 aliphatic carbocycles. The van der Waals surface area contributed by atoms with Crippen LogP contribution in [0.1, 0.15) is 54.4 Å². The fourth-order valence-electron chi connectivity index (χ4n) is 3.57. The van der Waals surface area contributed by atoms with Crippen LogP contribution in [0.3, 0.4) is 0 Å². The third-order valence-electron chi connectivity index (χ3n) is 5.07. The Labute approximate surface area is 164 Å². The summed E-state index contributed by atoms with van der Waals surface area (Å²) in [5.41, 5.74) is 1.33. The van der Waals surface area contributed by atoms with Crippen molar-refractivity contribution in [3.8, 4) is 0 Å². The van der Waals surface area contributed by atoms with Gasteiger partial charge in [0, 0.05) is 24.7 Å². The Morgan fingerprint density at radius 3 is 2.59 bits per heavy atom. The third-order valence-corrected chi connectivity index (χ3v) is 5.93. The van der Waals surface area contributed by atoms with E-state index in [1.165, 1.54) is 43.4 Å². The Balaban J connectivity index is 1.45. The molecule has 3 amide bonds. The number of nitrogens with zero attached hydrogens (tertiary/aromatic N) is 1. The molecule has 1 saturated heterocycles. The smallest absolute Gasteiger partial charge is 0.289 e. The number of carbonyl (C=O) groups excluding carboxylic acids is 3. The molecule has 1 aromatic rings. The zero-order valence-corrected chi connectivity index (χ0v) is 16.4. The largest absolute Gasteiger partial charge is 0.351 e. The van der Waals surface area contributed by atoms with E-state index in [4.69, 9.17) is 0 Å². The van der Waals surface area contributed by atoms with Gasteiger partial charge in [0.25, 0.3) is 11.1 Å². The maximum absolute atomic E-state index is 12.4. The third kappa shape index (κ3) is 5.81. The number of thioether (sulfide) groups is 1. The summed E-state index contributed by atoms with van der Waals surface area (Å²) < 4.78 is 0. The van der Waals surface area contributed by atoms with E-state index in [1.807, 2.05) is 6.07 Å². The molecule has 0 aromatic heterocycles. The first kappa shape index (κ1) is 19.9. The van der Waals surface area contributed by atoms with Gasteiger partial charge < -0.3 is 10.6 Å². The predicted octanol–water partition coefficient (Wildman–Crippen LogP) is 2.92. The van der Waals surface area contributed by atoms with Crippen molar-refractivity contribution in [2.45, 2.75) is 51.1 Å². The lowest BCUT2D eigenvalue weighted by atomic mass is 10.1. The topological polar surface area (TPSA) is 78.5 Å². The van der Waals surface area contributed by atoms with E-state index in [2.05, 4.69) is 10.6 Å². The molecule has 1 aliphatic heterocycles. The normalized spacial score (nSPS) is 18.6. The molecular weight excluding hydrogens is 362 g/mol. The molecule has 0 unspecified atom stereocenters. The van der Waals surface area contributed by atoms with Crippen molar-refractivity contribution in [2.24, 2.45) is 0 Å². The van der Waals surface area contributed by atoms with Gasteiger partial charge in [-0.3, -0.25) is 19.3 Å². The first-order valence-corrected chi connectivity index (χ1v) is 10.7. The van der Waals surface area contributed by atoms with Crippen molar-refractivity contribution in [3.63, 3.8) is 0 Å². The summed E-state index contributed by atoms with van der Waals surface area (Å²) in [6, 6.07) is 7.68. The molecule has 1 aromatic carbocycles. The van der Waals surface area contributed by atoms with Crippen molar-refractivity contribution in [1.29, 1.82) is 0 Å². The standard InChI is InChI=1S/C20H27N3O3S/c24-18-14-27-20(26)23(18)13-15-6-5-7-16(12-15)19(25)22-11-10-21-17-8-3-1-2-4-9-17/h5-7,12,17,21H,1-4,8-11,13-14H2,(H,22,25). The van der Waals surface area contributed by atoms with E-state index >= 15 is 0 Å². The van der Waals surface area contributed by atoms with Gasteiger partial charge in [0.2, 0.25) is 5.91 Å². The van der Waals surface area contributed by atoms with Crippen LogP contribution >= 0.6 is 11.8 Å². The Morgan fingerprint density at radius 1 is 1.11 bits per heavy atom. The molecule has 0 bridgehead atoms. The summed E-state index contributed by atoms with van der Waals surface area (Å²) in [7, 11) is 0. The predicted molar refractivity (Wildman–Crippen MR) is 107 cm³/mol. The first-order valence-electron chi connectivity index (χ1n) is 9.71. The molecule has 3 rings (SSSR count). The summed E-state index contributed by atoms with van der Waals surface area (Å²) in [6.07, 6.45) is 7.69. The molecule has 2 N–H and O–H groups in total. The van der Waals surface area contributed by atoms with Crippen LogP contribution < -0.4 is 10.6 Å². The van der Waals surface area contributed by atoms with E-state index in [0.717, 1.165) is 23.9 Å². The summed E-state index contributed by atoms with van der Waals surface area (Å²) in [5.74, 6) is -0.107. The van der Waals surface area contributed by atoms with Crippen LogP contribution in [0.4, 0.5) is 4.79 Å². The fourth-order valence-corrected chi connectivity index (χ4v) is 4.29. The molecule has 146 valence electrons. The SMILES string of the molecule is O=C(NCCNC1CCCCCC1)c1cccc(CN2C(=O)CSC2=O)c1. The van der Waals surface area contributed by atoms with Gasteiger partial charge in [0.05, 0.1) is 12.3 Å². The number of carbonyl (C=O) groups is 3. The molecule has 6 nitrogen and oxygen atoms in total. The Bertz CT molecular complexity index is 671. The second-order valence-corrected chi connectivity index (χ2v) is 8.06. The zero-order chi connectivity index (χ0) is 19.1. The average molecular weight is 390 g/mol. The highest BCUT2D eigenvalue weighted by molar-refractivity contribution is 8.14. The van der Waals surface area contributed by atoms with Gasteiger partial charge in [0.1, 0.15) is 0 Å². The van der Waals surface area contributed by atoms with Gasteiger partial charge in [0.15, 0.2) is 0 Å². The lowest BCUT2D eigenvalue weighted by molar-refractivity contribution is -0.125. The van der Waals surface area contributed by atoms with Gasteiger partial charge in [-0.1, -0.05) is 49.6 Å². The number of amides is 3. The maximum atomic E-state index is 12.4. The molecule has 7 heteroatoms. The van der Waals surface area contributed by atoms with Crippen LogP contribution in [0, 0.1) is 0 Å². The van der Waals surface area contributed by atoms with Crippen LogP contribution in [0.15, 0.2) is 24.3 Å². The van der Waals surface area contributed by atoms with Gasteiger partial charge >= 0.3 is 0 Å². The minimum atomic E-state index is -0.223. The minimum Gasteiger partial charge on any atom is -0.351 e. The van der Waals surface area contributed by atoms with E-state index < -0.39 is 0 Å². The van der Waals surface area contributed by atoms with Crippen molar-refractivity contribution < 1.29 is 14.4 Å².